The molecule has 0 bridgehead atoms. The molecule has 0 saturated carbocycles. The van der Waals surface area contributed by atoms with Crippen LogP contribution in [0.25, 0.3) is 0 Å². The summed E-state index contributed by atoms with van der Waals surface area (Å²) in [4.78, 5) is 0. The summed E-state index contributed by atoms with van der Waals surface area (Å²) in [5, 5.41) is 3.46. The van der Waals surface area contributed by atoms with Gasteiger partial charge in [-0.2, -0.15) is 0 Å². The van der Waals surface area contributed by atoms with E-state index in [9.17, 15) is 0 Å². The Morgan fingerprint density at radius 2 is 2.27 bits per heavy atom. The Balaban J connectivity index is 2.19. The molecule has 2 unspecified atom stereocenters. The third-order valence-corrected chi connectivity index (χ3v) is 2.27. The highest BCUT2D eigenvalue weighted by atomic mass is 16.5. The Morgan fingerprint density at radius 1 is 1.55 bits per heavy atom. The van der Waals surface area contributed by atoms with E-state index >= 15 is 0 Å². The molecule has 0 radical (unpaired) electrons. The Bertz CT molecular complexity index is 114. The average Bonchev–Trinajstić information content (AvgIpc) is 2.34. The van der Waals surface area contributed by atoms with E-state index < -0.39 is 0 Å². The summed E-state index contributed by atoms with van der Waals surface area (Å²) in [5.74, 6) is 0.795. The third-order valence-electron chi connectivity index (χ3n) is 2.27. The lowest BCUT2D eigenvalue weighted by molar-refractivity contribution is 0.117. The molecule has 0 aromatic heterocycles. The lowest BCUT2D eigenvalue weighted by atomic mass is 10.0. The molecule has 1 aliphatic heterocycles. The highest BCUT2D eigenvalue weighted by Gasteiger charge is 2.23. The minimum atomic E-state index is 0.457. The standard InChI is InChI=1S/C9H19NO/c1-7(2)4-8-5-9(11-3)6-10-8/h7-10H,4-6H2,1-3H3. The minimum Gasteiger partial charge on any atom is -0.380 e. The van der Waals surface area contributed by atoms with Gasteiger partial charge >= 0.3 is 0 Å². The SMILES string of the molecule is COC1CNC(CC(C)C)C1. The summed E-state index contributed by atoms with van der Waals surface area (Å²) in [6.07, 6.45) is 2.92. The molecule has 66 valence electrons. The summed E-state index contributed by atoms with van der Waals surface area (Å²) >= 11 is 0. The molecular formula is C9H19NO. The van der Waals surface area contributed by atoms with Crippen molar-refractivity contribution in [2.24, 2.45) is 5.92 Å². The van der Waals surface area contributed by atoms with Crippen molar-refractivity contribution in [3.63, 3.8) is 0 Å². The third kappa shape index (κ3) is 2.80. The molecule has 11 heavy (non-hydrogen) atoms. The van der Waals surface area contributed by atoms with Crippen LogP contribution in [-0.2, 0) is 4.74 Å². The first kappa shape index (κ1) is 9.01. The van der Waals surface area contributed by atoms with E-state index in [0.29, 0.717) is 12.1 Å². The summed E-state index contributed by atoms with van der Waals surface area (Å²) < 4.78 is 5.26. The Morgan fingerprint density at radius 3 is 2.73 bits per heavy atom. The molecule has 1 saturated heterocycles. The molecule has 2 nitrogen and oxygen atoms in total. The fraction of sp³-hybridized carbons (Fsp3) is 1.00. The number of nitrogens with one attached hydrogen (secondary N) is 1. The van der Waals surface area contributed by atoms with Gasteiger partial charge in [-0.1, -0.05) is 13.8 Å². The highest BCUT2D eigenvalue weighted by molar-refractivity contribution is 4.82. The van der Waals surface area contributed by atoms with Crippen LogP contribution in [0.2, 0.25) is 0 Å². The van der Waals surface area contributed by atoms with Crippen LogP contribution >= 0.6 is 0 Å². The van der Waals surface area contributed by atoms with Crippen molar-refractivity contribution in [1.82, 2.24) is 5.32 Å². The smallest absolute Gasteiger partial charge is 0.0710 e. The van der Waals surface area contributed by atoms with E-state index in [2.05, 4.69) is 19.2 Å². The molecule has 0 spiro atoms. The van der Waals surface area contributed by atoms with Crippen molar-refractivity contribution in [3.8, 4) is 0 Å². The van der Waals surface area contributed by atoms with Crippen molar-refractivity contribution in [3.05, 3.63) is 0 Å². The fourth-order valence-electron chi connectivity index (χ4n) is 1.71. The molecule has 1 N–H and O–H groups in total. The fourth-order valence-corrected chi connectivity index (χ4v) is 1.71. The highest BCUT2D eigenvalue weighted by Crippen LogP contribution is 2.16. The van der Waals surface area contributed by atoms with E-state index in [0.717, 1.165) is 12.5 Å². The van der Waals surface area contributed by atoms with Crippen LogP contribution in [0.1, 0.15) is 26.7 Å². The van der Waals surface area contributed by atoms with Gasteiger partial charge in [-0.15, -0.1) is 0 Å². The summed E-state index contributed by atoms with van der Waals surface area (Å²) in [6.45, 7) is 5.57. The molecule has 0 aromatic rings. The molecule has 0 amide bonds. The molecule has 2 heteroatoms. The Hall–Kier alpha value is -0.0800. The van der Waals surface area contributed by atoms with Gasteiger partial charge in [0, 0.05) is 19.7 Å². The number of hydrogen-bond acceptors (Lipinski definition) is 2. The van der Waals surface area contributed by atoms with Crippen molar-refractivity contribution in [1.29, 1.82) is 0 Å². The zero-order chi connectivity index (χ0) is 8.27. The van der Waals surface area contributed by atoms with Crippen LogP contribution in [0.15, 0.2) is 0 Å². The lowest BCUT2D eigenvalue weighted by Crippen LogP contribution is -2.23. The summed E-state index contributed by atoms with van der Waals surface area (Å²) in [5.41, 5.74) is 0. The normalized spacial score (nSPS) is 31.6. The summed E-state index contributed by atoms with van der Waals surface area (Å²) in [7, 11) is 1.80. The predicted molar refractivity (Wildman–Crippen MR) is 46.7 cm³/mol. The number of ether oxygens (including phenoxy) is 1. The zero-order valence-corrected chi connectivity index (χ0v) is 7.76. The molecule has 1 heterocycles. The Labute approximate surface area is 69.3 Å². The Kier molecular flexibility index (Phi) is 3.34. The number of rotatable bonds is 3. The van der Waals surface area contributed by atoms with E-state index in [1.165, 1.54) is 12.8 Å². The van der Waals surface area contributed by atoms with Crippen LogP contribution in [-0.4, -0.2) is 25.8 Å². The molecule has 0 aliphatic carbocycles. The van der Waals surface area contributed by atoms with E-state index in [-0.39, 0.29) is 0 Å². The van der Waals surface area contributed by atoms with Gasteiger partial charge in [-0.05, 0) is 18.8 Å². The quantitative estimate of drug-likeness (QED) is 0.669. The van der Waals surface area contributed by atoms with Gasteiger partial charge in [0.05, 0.1) is 6.10 Å². The average molecular weight is 157 g/mol. The van der Waals surface area contributed by atoms with Gasteiger partial charge in [0.15, 0.2) is 0 Å². The van der Waals surface area contributed by atoms with Crippen molar-refractivity contribution in [2.75, 3.05) is 13.7 Å². The van der Waals surface area contributed by atoms with Gasteiger partial charge < -0.3 is 10.1 Å². The van der Waals surface area contributed by atoms with Gasteiger partial charge in [0.25, 0.3) is 0 Å². The van der Waals surface area contributed by atoms with Crippen LogP contribution in [0, 0.1) is 5.92 Å². The topological polar surface area (TPSA) is 21.3 Å². The monoisotopic (exact) mass is 157 g/mol. The maximum atomic E-state index is 5.26. The summed E-state index contributed by atoms with van der Waals surface area (Å²) in [6, 6.07) is 0.694. The zero-order valence-electron chi connectivity index (χ0n) is 7.76. The van der Waals surface area contributed by atoms with E-state index in [1.807, 2.05) is 0 Å². The molecule has 1 aliphatic rings. The van der Waals surface area contributed by atoms with Gasteiger partial charge in [-0.3, -0.25) is 0 Å². The van der Waals surface area contributed by atoms with Crippen molar-refractivity contribution < 1.29 is 4.74 Å². The van der Waals surface area contributed by atoms with E-state index in [1.54, 1.807) is 7.11 Å². The van der Waals surface area contributed by atoms with Crippen molar-refractivity contribution >= 4 is 0 Å². The first-order valence-corrected chi connectivity index (χ1v) is 4.48. The number of hydrogen-bond donors (Lipinski definition) is 1. The molecular weight excluding hydrogens is 138 g/mol. The maximum absolute atomic E-state index is 5.26. The van der Waals surface area contributed by atoms with Crippen LogP contribution in [0.4, 0.5) is 0 Å². The van der Waals surface area contributed by atoms with Crippen LogP contribution < -0.4 is 5.32 Å². The minimum absolute atomic E-state index is 0.457. The molecule has 2 atom stereocenters. The predicted octanol–water partition coefficient (Wildman–Crippen LogP) is 1.41. The number of methoxy groups -OCH3 is 1. The van der Waals surface area contributed by atoms with E-state index in [4.69, 9.17) is 4.74 Å². The largest absolute Gasteiger partial charge is 0.380 e. The second kappa shape index (κ2) is 4.07. The van der Waals surface area contributed by atoms with Crippen molar-refractivity contribution in [2.45, 2.75) is 38.8 Å². The lowest BCUT2D eigenvalue weighted by Gasteiger charge is -2.12. The second-order valence-electron chi connectivity index (χ2n) is 3.83. The van der Waals surface area contributed by atoms with Gasteiger partial charge in [0.1, 0.15) is 0 Å². The second-order valence-corrected chi connectivity index (χ2v) is 3.83. The molecule has 1 rings (SSSR count). The molecule has 1 fully saturated rings. The molecule has 0 aromatic carbocycles. The van der Waals surface area contributed by atoms with Crippen LogP contribution in [0.5, 0.6) is 0 Å². The van der Waals surface area contributed by atoms with Gasteiger partial charge in [-0.25, -0.2) is 0 Å². The van der Waals surface area contributed by atoms with Crippen LogP contribution in [0.3, 0.4) is 0 Å². The maximum Gasteiger partial charge on any atom is 0.0710 e. The first-order valence-electron chi connectivity index (χ1n) is 4.48. The first-order chi connectivity index (χ1) is 5.22. The van der Waals surface area contributed by atoms with Gasteiger partial charge in [0.2, 0.25) is 0 Å².